The summed E-state index contributed by atoms with van der Waals surface area (Å²) in [6, 6.07) is 7.09. The molecule has 6 nitrogen and oxygen atoms in total. The van der Waals surface area contributed by atoms with Crippen molar-refractivity contribution in [3.05, 3.63) is 29.8 Å². The molecule has 0 saturated carbocycles. The maximum atomic E-state index is 12.3. The molecule has 1 saturated heterocycles. The second-order valence-electron chi connectivity index (χ2n) is 7.75. The van der Waals surface area contributed by atoms with Gasteiger partial charge in [-0.15, -0.1) is 0 Å². The van der Waals surface area contributed by atoms with Crippen LogP contribution in [0.5, 0.6) is 0 Å². The quantitative estimate of drug-likeness (QED) is 0.811. The maximum Gasteiger partial charge on any atom is 0.242 e. The highest BCUT2D eigenvalue weighted by Crippen LogP contribution is 2.20. The third-order valence-electron chi connectivity index (χ3n) is 4.38. The molecule has 1 aliphatic rings. The Morgan fingerprint density at radius 2 is 1.72 bits per heavy atom. The molecule has 1 heterocycles. The number of carbonyl (C=O) groups is 1. The molecular formula is C18H29N3O3S. The fraction of sp³-hybridized carbons (Fsp3) is 0.611. The zero-order chi connectivity index (χ0) is 18.8. The Hall–Kier alpha value is -1.44. The lowest BCUT2D eigenvalue weighted by atomic mass is 9.94. The molecule has 0 unspecified atom stereocenters. The second kappa shape index (κ2) is 7.43. The van der Waals surface area contributed by atoms with Gasteiger partial charge in [0.15, 0.2) is 0 Å². The molecule has 0 aromatic heterocycles. The Morgan fingerprint density at radius 3 is 2.24 bits per heavy atom. The number of sulfonamides is 1. The molecule has 0 bridgehead atoms. The average Bonchev–Trinajstić information content (AvgIpc) is 2.54. The second-order valence-corrected chi connectivity index (χ2v) is 9.91. The summed E-state index contributed by atoms with van der Waals surface area (Å²) in [6.45, 7) is 9.54. The topological polar surface area (TPSA) is 60.9 Å². The number of nitrogens with zero attached hydrogens (tertiary/aromatic N) is 3. The summed E-state index contributed by atoms with van der Waals surface area (Å²) in [5.74, 6) is 0.186. The number of rotatable bonds is 4. The molecular weight excluding hydrogens is 338 g/mol. The summed E-state index contributed by atoms with van der Waals surface area (Å²) in [7, 11) is -0.344. The molecule has 0 atom stereocenters. The van der Waals surface area contributed by atoms with Crippen molar-refractivity contribution in [3.63, 3.8) is 0 Å². The van der Waals surface area contributed by atoms with Gasteiger partial charge in [0.05, 0.1) is 4.90 Å². The van der Waals surface area contributed by atoms with Gasteiger partial charge in [-0.3, -0.25) is 9.69 Å². The van der Waals surface area contributed by atoms with E-state index in [0.29, 0.717) is 24.5 Å². The van der Waals surface area contributed by atoms with Crippen molar-refractivity contribution in [1.29, 1.82) is 0 Å². The Labute approximate surface area is 151 Å². The van der Waals surface area contributed by atoms with E-state index in [2.05, 4.69) is 4.90 Å². The van der Waals surface area contributed by atoms with Crippen molar-refractivity contribution in [2.24, 2.45) is 5.41 Å². The molecule has 1 aliphatic heterocycles. The van der Waals surface area contributed by atoms with Crippen LogP contribution in [-0.4, -0.2) is 68.7 Å². The first kappa shape index (κ1) is 19.9. The first-order chi connectivity index (χ1) is 11.5. The van der Waals surface area contributed by atoms with Gasteiger partial charge in [0, 0.05) is 52.2 Å². The number of amides is 1. The molecule has 1 fully saturated rings. The monoisotopic (exact) mass is 367 g/mol. The molecule has 1 amide bonds. The average molecular weight is 368 g/mol. The molecule has 0 spiro atoms. The Balaban J connectivity index is 2.00. The smallest absolute Gasteiger partial charge is 0.242 e. The highest BCUT2D eigenvalue weighted by molar-refractivity contribution is 7.89. The lowest BCUT2D eigenvalue weighted by Gasteiger charge is -2.37. The molecule has 0 N–H and O–H groups in total. The van der Waals surface area contributed by atoms with Gasteiger partial charge in [-0.25, -0.2) is 12.7 Å². The Bertz CT molecular complexity index is 715. The zero-order valence-corrected chi connectivity index (χ0v) is 16.6. The molecule has 25 heavy (non-hydrogen) atoms. The molecule has 1 aromatic carbocycles. The SMILES string of the molecule is CN(C)S(=O)(=O)c1cccc(CN2CCN(C(=O)C(C)(C)C)CC2)c1. The summed E-state index contributed by atoms with van der Waals surface area (Å²) in [5, 5.41) is 0. The highest BCUT2D eigenvalue weighted by Gasteiger charge is 2.29. The third-order valence-corrected chi connectivity index (χ3v) is 6.20. The lowest BCUT2D eigenvalue weighted by molar-refractivity contribution is -0.141. The number of piperazine rings is 1. The van der Waals surface area contributed by atoms with Crippen LogP contribution < -0.4 is 0 Å². The van der Waals surface area contributed by atoms with Gasteiger partial charge in [-0.05, 0) is 17.7 Å². The van der Waals surface area contributed by atoms with Crippen LogP contribution in [0.2, 0.25) is 0 Å². The van der Waals surface area contributed by atoms with Gasteiger partial charge < -0.3 is 4.90 Å². The van der Waals surface area contributed by atoms with Crippen LogP contribution >= 0.6 is 0 Å². The predicted molar refractivity (Wildman–Crippen MR) is 98.6 cm³/mol. The van der Waals surface area contributed by atoms with Gasteiger partial charge in [-0.1, -0.05) is 32.9 Å². The fourth-order valence-electron chi connectivity index (χ4n) is 2.86. The minimum Gasteiger partial charge on any atom is -0.340 e. The number of hydrogen-bond acceptors (Lipinski definition) is 4. The van der Waals surface area contributed by atoms with E-state index >= 15 is 0 Å². The van der Waals surface area contributed by atoms with Crippen molar-refractivity contribution in [2.45, 2.75) is 32.2 Å². The van der Waals surface area contributed by atoms with Crippen molar-refractivity contribution in [2.75, 3.05) is 40.3 Å². The normalized spacial score (nSPS) is 17.1. The first-order valence-electron chi connectivity index (χ1n) is 8.55. The van der Waals surface area contributed by atoms with Gasteiger partial charge >= 0.3 is 0 Å². The standard InChI is InChI=1S/C18H29N3O3S/c1-18(2,3)17(22)21-11-9-20(10-12-21)14-15-7-6-8-16(13-15)25(23,24)19(4)5/h6-8,13H,9-12,14H2,1-5H3. The van der Waals surface area contributed by atoms with Crippen molar-refractivity contribution < 1.29 is 13.2 Å². The molecule has 7 heteroatoms. The molecule has 140 valence electrons. The van der Waals surface area contributed by atoms with Crippen LogP contribution in [0.25, 0.3) is 0 Å². The van der Waals surface area contributed by atoms with Gasteiger partial charge in [0.25, 0.3) is 0 Å². The van der Waals surface area contributed by atoms with E-state index in [1.54, 1.807) is 18.2 Å². The van der Waals surface area contributed by atoms with E-state index in [0.717, 1.165) is 18.7 Å². The van der Waals surface area contributed by atoms with Crippen LogP contribution in [0, 0.1) is 5.41 Å². The number of carbonyl (C=O) groups excluding carboxylic acids is 1. The van der Waals surface area contributed by atoms with E-state index in [-0.39, 0.29) is 11.3 Å². The van der Waals surface area contributed by atoms with Crippen LogP contribution in [0.3, 0.4) is 0 Å². The highest BCUT2D eigenvalue weighted by atomic mass is 32.2. The number of hydrogen-bond donors (Lipinski definition) is 0. The Morgan fingerprint density at radius 1 is 1.12 bits per heavy atom. The van der Waals surface area contributed by atoms with Gasteiger partial charge in [0.2, 0.25) is 15.9 Å². The van der Waals surface area contributed by atoms with Crippen molar-refractivity contribution >= 4 is 15.9 Å². The molecule has 1 aromatic rings. The summed E-state index contributed by atoms with van der Waals surface area (Å²) >= 11 is 0. The van der Waals surface area contributed by atoms with Crippen LogP contribution in [0.1, 0.15) is 26.3 Å². The lowest BCUT2D eigenvalue weighted by Crippen LogP contribution is -2.51. The first-order valence-corrected chi connectivity index (χ1v) is 9.99. The minimum atomic E-state index is -3.41. The summed E-state index contributed by atoms with van der Waals surface area (Å²) in [5.41, 5.74) is 0.621. The Kier molecular flexibility index (Phi) is 5.91. The third kappa shape index (κ3) is 4.80. The van der Waals surface area contributed by atoms with Gasteiger partial charge in [0.1, 0.15) is 0 Å². The maximum absolute atomic E-state index is 12.3. The summed E-state index contributed by atoms with van der Waals surface area (Å²) < 4.78 is 25.7. The van der Waals surface area contributed by atoms with Crippen LogP contribution in [0.4, 0.5) is 0 Å². The summed E-state index contributed by atoms with van der Waals surface area (Å²) in [4.78, 5) is 16.8. The molecule has 2 rings (SSSR count). The van der Waals surface area contributed by atoms with Crippen LogP contribution in [-0.2, 0) is 21.4 Å². The minimum absolute atomic E-state index is 0.186. The van der Waals surface area contributed by atoms with E-state index in [1.165, 1.54) is 18.4 Å². The van der Waals surface area contributed by atoms with Crippen LogP contribution in [0.15, 0.2) is 29.2 Å². The largest absolute Gasteiger partial charge is 0.340 e. The fourth-order valence-corrected chi connectivity index (χ4v) is 3.83. The predicted octanol–water partition coefficient (Wildman–Crippen LogP) is 1.63. The van der Waals surface area contributed by atoms with Crippen molar-refractivity contribution in [3.8, 4) is 0 Å². The molecule has 0 radical (unpaired) electrons. The van der Waals surface area contributed by atoms with E-state index in [1.807, 2.05) is 31.7 Å². The van der Waals surface area contributed by atoms with E-state index in [9.17, 15) is 13.2 Å². The van der Waals surface area contributed by atoms with E-state index < -0.39 is 10.0 Å². The summed E-state index contributed by atoms with van der Waals surface area (Å²) in [6.07, 6.45) is 0. The number of benzene rings is 1. The molecule has 0 aliphatic carbocycles. The zero-order valence-electron chi connectivity index (χ0n) is 15.8. The van der Waals surface area contributed by atoms with Crippen molar-refractivity contribution in [1.82, 2.24) is 14.1 Å². The van der Waals surface area contributed by atoms with Gasteiger partial charge in [-0.2, -0.15) is 0 Å². The van der Waals surface area contributed by atoms with E-state index in [4.69, 9.17) is 0 Å².